The molecule has 0 radical (unpaired) electrons. The van der Waals surface area contributed by atoms with Crippen LogP contribution in [0.25, 0.3) is 10.9 Å². The lowest BCUT2D eigenvalue weighted by molar-refractivity contribution is 0.0728. The monoisotopic (exact) mass is 418 g/mol. The normalized spacial score (nSPS) is 12.4. The number of rotatable bonds is 6. The smallest absolute Gasteiger partial charge is 0.314 e. The SMILES string of the molecule is CNC(=O)NCCC#Cc1cccc(C(=O)N[C@H](O)C(C)c2c[nH]c3ccccc23)c1. The average molecular weight is 418 g/mol. The molecule has 0 saturated carbocycles. The van der Waals surface area contributed by atoms with E-state index in [-0.39, 0.29) is 17.9 Å². The molecule has 1 aromatic heterocycles. The second kappa shape index (κ2) is 10.3. The Labute approximate surface area is 181 Å². The van der Waals surface area contributed by atoms with Crippen molar-refractivity contribution in [3.05, 3.63) is 71.4 Å². The van der Waals surface area contributed by atoms with Crippen LogP contribution in [0.5, 0.6) is 0 Å². The van der Waals surface area contributed by atoms with Gasteiger partial charge in [-0.15, -0.1) is 0 Å². The number of carbonyl (C=O) groups is 2. The Morgan fingerprint density at radius 3 is 2.77 bits per heavy atom. The number of benzene rings is 2. The molecule has 160 valence electrons. The van der Waals surface area contributed by atoms with Crippen LogP contribution in [0.3, 0.4) is 0 Å². The van der Waals surface area contributed by atoms with Gasteiger partial charge in [0.15, 0.2) is 0 Å². The molecule has 0 aliphatic carbocycles. The van der Waals surface area contributed by atoms with E-state index in [1.54, 1.807) is 31.3 Å². The van der Waals surface area contributed by atoms with E-state index >= 15 is 0 Å². The molecule has 0 spiro atoms. The summed E-state index contributed by atoms with van der Waals surface area (Å²) in [6.45, 7) is 2.31. The molecule has 0 bridgehead atoms. The number of para-hydroxylation sites is 1. The van der Waals surface area contributed by atoms with E-state index in [1.165, 1.54) is 0 Å². The summed E-state index contributed by atoms with van der Waals surface area (Å²) < 4.78 is 0. The van der Waals surface area contributed by atoms with Crippen molar-refractivity contribution in [2.24, 2.45) is 0 Å². The van der Waals surface area contributed by atoms with Crippen molar-refractivity contribution in [3.63, 3.8) is 0 Å². The predicted octanol–water partition coefficient (Wildman–Crippen LogP) is 2.69. The standard InChI is InChI=1S/C24H26N4O3/c1-16(20-15-27-21-12-4-3-11-19(20)21)22(29)28-23(30)18-10-7-9-17(14-18)8-5-6-13-26-24(31)25-2/h3-4,7,9-12,14-16,22,27,29H,6,13H2,1-2H3,(H,28,30)(H2,25,26,31)/t16?,22-/m1/s1. The zero-order valence-electron chi connectivity index (χ0n) is 17.5. The Bertz CT molecular complexity index is 1130. The van der Waals surface area contributed by atoms with Gasteiger partial charge in [-0.1, -0.05) is 43.0 Å². The molecule has 0 fully saturated rings. The molecule has 0 aliphatic rings. The van der Waals surface area contributed by atoms with Crippen LogP contribution in [-0.2, 0) is 0 Å². The van der Waals surface area contributed by atoms with E-state index < -0.39 is 6.23 Å². The first-order chi connectivity index (χ1) is 15.0. The van der Waals surface area contributed by atoms with Crippen LogP contribution in [0.1, 0.15) is 40.7 Å². The highest BCUT2D eigenvalue weighted by Gasteiger charge is 2.21. The molecular weight excluding hydrogens is 392 g/mol. The molecule has 7 heteroatoms. The van der Waals surface area contributed by atoms with Gasteiger partial charge in [0.05, 0.1) is 0 Å². The summed E-state index contributed by atoms with van der Waals surface area (Å²) >= 11 is 0. The third kappa shape index (κ3) is 5.65. The van der Waals surface area contributed by atoms with Crippen LogP contribution in [-0.4, -0.2) is 41.8 Å². The molecule has 2 atom stereocenters. The summed E-state index contributed by atoms with van der Waals surface area (Å²) in [7, 11) is 1.55. The fraction of sp³-hybridized carbons (Fsp3) is 0.250. The maximum Gasteiger partial charge on any atom is 0.314 e. The predicted molar refractivity (Wildman–Crippen MR) is 121 cm³/mol. The molecule has 31 heavy (non-hydrogen) atoms. The summed E-state index contributed by atoms with van der Waals surface area (Å²) in [5.74, 6) is 5.28. The van der Waals surface area contributed by atoms with E-state index in [2.05, 4.69) is 32.8 Å². The fourth-order valence-corrected chi connectivity index (χ4v) is 3.21. The number of hydrogen-bond donors (Lipinski definition) is 5. The fourth-order valence-electron chi connectivity index (χ4n) is 3.21. The van der Waals surface area contributed by atoms with Gasteiger partial charge < -0.3 is 26.0 Å². The van der Waals surface area contributed by atoms with Crippen molar-refractivity contribution >= 4 is 22.8 Å². The van der Waals surface area contributed by atoms with Crippen LogP contribution >= 0.6 is 0 Å². The minimum atomic E-state index is -1.04. The number of aromatic nitrogens is 1. The van der Waals surface area contributed by atoms with E-state index in [1.807, 2.05) is 37.4 Å². The van der Waals surface area contributed by atoms with E-state index in [0.717, 1.165) is 16.5 Å². The number of amides is 3. The van der Waals surface area contributed by atoms with Gasteiger partial charge in [0, 0.05) is 54.2 Å². The number of urea groups is 1. The minimum absolute atomic E-state index is 0.249. The quantitative estimate of drug-likeness (QED) is 0.241. The van der Waals surface area contributed by atoms with Gasteiger partial charge in [-0.2, -0.15) is 0 Å². The maximum atomic E-state index is 12.6. The van der Waals surface area contributed by atoms with Crippen molar-refractivity contribution in [1.29, 1.82) is 0 Å². The van der Waals surface area contributed by atoms with Crippen LogP contribution in [0, 0.1) is 11.8 Å². The molecule has 2 aromatic carbocycles. The first kappa shape index (κ1) is 21.9. The minimum Gasteiger partial charge on any atom is -0.373 e. The highest BCUT2D eigenvalue weighted by Crippen LogP contribution is 2.27. The molecular formula is C24H26N4O3. The maximum absolute atomic E-state index is 12.6. The average Bonchev–Trinajstić information content (AvgIpc) is 3.22. The second-order valence-electron chi connectivity index (χ2n) is 7.14. The van der Waals surface area contributed by atoms with Crippen LogP contribution in [0.2, 0.25) is 0 Å². The highest BCUT2D eigenvalue weighted by molar-refractivity contribution is 5.94. The summed E-state index contributed by atoms with van der Waals surface area (Å²) in [5.41, 5.74) is 3.03. The summed E-state index contributed by atoms with van der Waals surface area (Å²) in [5, 5.41) is 19.4. The Kier molecular flexibility index (Phi) is 7.31. The molecule has 3 amide bonds. The first-order valence-electron chi connectivity index (χ1n) is 10.1. The molecule has 3 aromatic rings. The number of H-pyrrole nitrogens is 1. The van der Waals surface area contributed by atoms with Gasteiger partial charge in [-0.25, -0.2) is 4.79 Å². The molecule has 0 saturated heterocycles. The van der Waals surface area contributed by atoms with Crippen LogP contribution in [0.15, 0.2) is 54.7 Å². The van der Waals surface area contributed by atoms with Gasteiger partial charge in [0.25, 0.3) is 5.91 Å². The zero-order chi connectivity index (χ0) is 22.2. The zero-order valence-corrected chi connectivity index (χ0v) is 17.5. The van der Waals surface area contributed by atoms with Gasteiger partial charge in [0.2, 0.25) is 0 Å². The van der Waals surface area contributed by atoms with E-state index in [4.69, 9.17) is 0 Å². The van der Waals surface area contributed by atoms with Crippen molar-refractivity contribution < 1.29 is 14.7 Å². The summed E-state index contributed by atoms with van der Waals surface area (Å²) in [6.07, 6.45) is 1.31. The Morgan fingerprint density at radius 2 is 1.97 bits per heavy atom. The Hall–Kier alpha value is -3.76. The Balaban J connectivity index is 1.61. The lowest BCUT2D eigenvalue weighted by Crippen LogP contribution is -2.38. The van der Waals surface area contributed by atoms with Gasteiger partial charge >= 0.3 is 6.03 Å². The topological polar surface area (TPSA) is 106 Å². The number of nitrogens with one attached hydrogen (secondary N) is 4. The van der Waals surface area contributed by atoms with Gasteiger partial charge in [-0.3, -0.25) is 4.79 Å². The number of carbonyl (C=O) groups excluding carboxylic acids is 2. The lowest BCUT2D eigenvalue weighted by Gasteiger charge is -2.20. The third-order valence-electron chi connectivity index (χ3n) is 4.98. The van der Waals surface area contributed by atoms with Crippen LogP contribution < -0.4 is 16.0 Å². The number of aromatic amines is 1. The largest absolute Gasteiger partial charge is 0.373 e. The molecule has 5 N–H and O–H groups in total. The highest BCUT2D eigenvalue weighted by atomic mass is 16.3. The molecule has 7 nitrogen and oxygen atoms in total. The number of hydrogen-bond acceptors (Lipinski definition) is 3. The second-order valence-corrected chi connectivity index (χ2v) is 7.14. The van der Waals surface area contributed by atoms with Crippen molar-refractivity contribution in [3.8, 4) is 11.8 Å². The summed E-state index contributed by atoms with van der Waals surface area (Å²) in [4.78, 5) is 26.9. The van der Waals surface area contributed by atoms with Crippen LogP contribution in [0.4, 0.5) is 4.79 Å². The molecule has 3 rings (SSSR count). The first-order valence-corrected chi connectivity index (χ1v) is 10.1. The number of aliphatic hydroxyl groups is 1. The molecule has 1 heterocycles. The van der Waals surface area contributed by atoms with E-state index in [0.29, 0.717) is 24.1 Å². The third-order valence-corrected chi connectivity index (χ3v) is 4.98. The van der Waals surface area contributed by atoms with Crippen molar-refractivity contribution in [2.75, 3.05) is 13.6 Å². The van der Waals surface area contributed by atoms with Crippen molar-refractivity contribution in [1.82, 2.24) is 20.9 Å². The summed E-state index contributed by atoms with van der Waals surface area (Å²) in [6, 6.07) is 14.5. The van der Waals surface area contributed by atoms with Crippen molar-refractivity contribution in [2.45, 2.75) is 25.5 Å². The van der Waals surface area contributed by atoms with Gasteiger partial charge in [-0.05, 0) is 29.8 Å². The van der Waals surface area contributed by atoms with E-state index in [9.17, 15) is 14.7 Å². The Morgan fingerprint density at radius 1 is 1.16 bits per heavy atom. The molecule has 0 aliphatic heterocycles. The number of aliphatic hydroxyl groups excluding tert-OH is 1. The van der Waals surface area contributed by atoms with Gasteiger partial charge in [0.1, 0.15) is 6.23 Å². The number of fused-ring (bicyclic) bond motifs is 1. The lowest BCUT2D eigenvalue weighted by atomic mass is 9.98. The molecule has 1 unspecified atom stereocenters.